The normalized spacial score (nSPS) is 14.9. The number of para-hydroxylation sites is 1. The predicted molar refractivity (Wildman–Crippen MR) is 106 cm³/mol. The lowest BCUT2D eigenvalue weighted by Gasteiger charge is -2.43. The fraction of sp³-hybridized carbons (Fsp3) is 0.333. The Morgan fingerprint density at radius 2 is 1.81 bits per heavy atom. The summed E-state index contributed by atoms with van der Waals surface area (Å²) in [7, 11) is 1.64. The molecule has 0 heterocycles. The zero-order valence-corrected chi connectivity index (χ0v) is 16.3. The molecule has 0 bridgehead atoms. The van der Waals surface area contributed by atoms with Crippen LogP contribution >= 0.6 is 11.8 Å². The van der Waals surface area contributed by atoms with Gasteiger partial charge in [-0.25, -0.2) is 4.39 Å². The maximum Gasteiger partial charge on any atom is 0.244 e. The minimum absolute atomic E-state index is 0.0233. The van der Waals surface area contributed by atoms with Gasteiger partial charge in [0.15, 0.2) is 0 Å². The van der Waals surface area contributed by atoms with Gasteiger partial charge in [0, 0.05) is 11.9 Å². The average molecular weight is 386 g/mol. The minimum Gasteiger partial charge on any atom is -0.336 e. The summed E-state index contributed by atoms with van der Waals surface area (Å²) in [6, 6.07) is 13.7. The van der Waals surface area contributed by atoms with E-state index in [2.05, 4.69) is 5.32 Å². The predicted octanol–water partition coefficient (Wildman–Crippen LogP) is 4.07. The monoisotopic (exact) mass is 386 g/mol. The first kappa shape index (κ1) is 19.4. The summed E-state index contributed by atoms with van der Waals surface area (Å²) in [4.78, 5) is 28.0. The summed E-state index contributed by atoms with van der Waals surface area (Å²) in [5.41, 5.74) is 0.924. The molecule has 1 fully saturated rings. The topological polar surface area (TPSA) is 49.4 Å². The summed E-state index contributed by atoms with van der Waals surface area (Å²) in [5, 5.41) is 2.88. The highest BCUT2D eigenvalue weighted by atomic mass is 32.2. The lowest BCUT2D eigenvalue weighted by Crippen LogP contribution is -2.51. The van der Waals surface area contributed by atoms with Gasteiger partial charge >= 0.3 is 0 Å². The quantitative estimate of drug-likeness (QED) is 0.762. The van der Waals surface area contributed by atoms with Crippen molar-refractivity contribution >= 4 is 29.3 Å². The van der Waals surface area contributed by atoms with E-state index in [4.69, 9.17) is 0 Å². The third-order valence-electron chi connectivity index (χ3n) is 5.12. The number of carbonyl (C=O) groups is 2. The van der Waals surface area contributed by atoms with E-state index in [0.717, 1.165) is 35.4 Å². The molecule has 2 aromatic rings. The Morgan fingerprint density at radius 1 is 1.15 bits per heavy atom. The number of carbonyl (C=O) groups excluding carboxylic acids is 2. The Labute approximate surface area is 163 Å². The molecule has 1 aliphatic carbocycles. The molecule has 0 saturated heterocycles. The van der Waals surface area contributed by atoms with Gasteiger partial charge in [-0.1, -0.05) is 30.7 Å². The van der Waals surface area contributed by atoms with Crippen molar-refractivity contribution in [3.8, 4) is 0 Å². The largest absolute Gasteiger partial charge is 0.336 e. The number of nitrogens with one attached hydrogen (secondary N) is 1. The van der Waals surface area contributed by atoms with Crippen molar-refractivity contribution in [3.05, 3.63) is 59.9 Å². The summed E-state index contributed by atoms with van der Waals surface area (Å²) < 4.78 is 13.2. The first-order valence-electron chi connectivity index (χ1n) is 8.91. The molecular formula is C21H23FN2O2S. The van der Waals surface area contributed by atoms with Crippen LogP contribution in [0.3, 0.4) is 0 Å². The van der Waals surface area contributed by atoms with Gasteiger partial charge < -0.3 is 10.2 Å². The Kier molecular flexibility index (Phi) is 5.85. The smallest absolute Gasteiger partial charge is 0.244 e. The molecule has 0 aliphatic heterocycles. The molecule has 1 aliphatic rings. The van der Waals surface area contributed by atoms with Crippen molar-refractivity contribution in [2.45, 2.75) is 29.6 Å². The van der Waals surface area contributed by atoms with E-state index in [1.807, 2.05) is 30.5 Å². The van der Waals surface area contributed by atoms with Crippen LogP contribution in [-0.4, -0.2) is 36.6 Å². The first-order valence-corrected chi connectivity index (χ1v) is 10.1. The summed E-state index contributed by atoms with van der Waals surface area (Å²) >= 11 is 1.55. The number of nitrogens with zero attached hydrogens (tertiary/aromatic N) is 1. The van der Waals surface area contributed by atoms with E-state index in [-0.39, 0.29) is 24.2 Å². The second kappa shape index (κ2) is 8.13. The van der Waals surface area contributed by atoms with Gasteiger partial charge in [0.05, 0.1) is 17.6 Å². The van der Waals surface area contributed by atoms with Crippen molar-refractivity contribution in [2.75, 3.05) is 25.2 Å². The second-order valence-electron chi connectivity index (χ2n) is 6.85. The molecule has 4 nitrogen and oxygen atoms in total. The molecule has 3 rings (SSSR count). The van der Waals surface area contributed by atoms with E-state index >= 15 is 0 Å². The van der Waals surface area contributed by atoms with Gasteiger partial charge in [-0.3, -0.25) is 9.59 Å². The molecule has 0 aromatic heterocycles. The number of anilines is 1. The average Bonchev–Trinajstić information content (AvgIpc) is 2.62. The summed E-state index contributed by atoms with van der Waals surface area (Å²) in [6.45, 7) is -0.0233. The molecule has 2 amide bonds. The molecule has 1 N–H and O–H groups in total. The van der Waals surface area contributed by atoms with E-state index in [0.29, 0.717) is 0 Å². The lowest BCUT2D eigenvalue weighted by atomic mass is 9.63. The van der Waals surface area contributed by atoms with Crippen molar-refractivity contribution in [2.24, 2.45) is 0 Å². The standard InChI is InChI=1S/C21H23FN2O2S/c1-24(14-19(25)23-17-6-3-4-7-18(17)27-2)20(26)21(12-5-13-21)15-8-10-16(22)11-9-15/h3-4,6-11H,5,12-14H2,1-2H3,(H,23,25). The third kappa shape index (κ3) is 4.00. The molecule has 0 spiro atoms. The highest BCUT2D eigenvalue weighted by Gasteiger charge is 2.47. The second-order valence-corrected chi connectivity index (χ2v) is 7.70. The van der Waals surface area contributed by atoms with Crippen LogP contribution < -0.4 is 5.32 Å². The van der Waals surface area contributed by atoms with Gasteiger partial charge in [0.2, 0.25) is 11.8 Å². The van der Waals surface area contributed by atoms with Gasteiger partial charge in [-0.15, -0.1) is 11.8 Å². The summed E-state index contributed by atoms with van der Waals surface area (Å²) in [5.74, 6) is -0.643. The fourth-order valence-corrected chi connectivity index (χ4v) is 4.07. The van der Waals surface area contributed by atoms with Crippen LogP contribution in [0.15, 0.2) is 53.4 Å². The molecule has 142 valence electrons. The molecule has 2 aromatic carbocycles. The first-order chi connectivity index (χ1) is 13.0. The van der Waals surface area contributed by atoms with Crippen LogP contribution in [0.25, 0.3) is 0 Å². The Hall–Kier alpha value is -2.34. The number of thioether (sulfide) groups is 1. The van der Waals surface area contributed by atoms with E-state index < -0.39 is 5.41 Å². The van der Waals surface area contributed by atoms with Crippen LogP contribution in [0.2, 0.25) is 0 Å². The minimum atomic E-state index is -0.639. The number of likely N-dealkylation sites (N-methyl/N-ethyl adjacent to an activating group) is 1. The lowest BCUT2D eigenvalue weighted by molar-refractivity contribution is -0.141. The van der Waals surface area contributed by atoms with Gasteiger partial charge in [0.1, 0.15) is 5.82 Å². The van der Waals surface area contributed by atoms with Gasteiger partial charge in [-0.05, 0) is 48.9 Å². The van der Waals surface area contributed by atoms with Crippen molar-refractivity contribution in [1.29, 1.82) is 0 Å². The van der Waals surface area contributed by atoms with E-state index in [1.54, 1.807) is 30.9 Å². The SMILES string of the molecule is CSc1ccccc1NC(=O)CN(C)C(=O)C1(c2ccc(F)cc2)CCC1. The Balaban J connectivity index is 1.69. The molecule has 1 saturated carbocycles. The van der Waals surface area contributed by atoms with Gasteiger partial charge in [0.25, 0.3) is 0 Å². The molecule has 6 heteroatoms. The maximum absolute atomic E-state index is 13.2. The number of benzene rings is 2. The van der Waals surface area contributed by atoms with Crippen molar-refractivity contribution in [3.63, 3.8) is 0 Å². The Morgan fingerprint density at radius 3 is 2.41 bits per heavy atom. The maximum atomic E-state index is 13.2. The van der Waals surface area contributed by atoms with E-state index in [9.17, 15) is 14.0 Å². The van der Waals surface area contributed by atoms with Crippen LogP contribution in [0.5, 0.6) is 0 Å². The number of hydrogen-bond acceptors (Lipinski definition) is 3. The van der Waals surface area contributed by atoms with Crippen LogP contribution in [-0.2, 0) is 15.0 Å². The Bertz CT molecular complexity index is 834. The highest BCUT2D eigenvalue weighted by Crippen LogP contribution is 2.45. The molecule has 0 unspecified atom stereocenters. The number of amides is 2. The van der Waals surface area contributed by atoms with Crippen LogP contribution in [0, 0.1) is 5.82 Å². The number of hydrogen-bond donors (Lipinski definition) is 1. The van der Waals surface area contributed by atoms with Crippen LogP contribution in [0.1, 0.15) is 24.8 Å². The van der Waals surface area contributed by atoms with Crippen molar-refractivity contribution < 1.29 is 14.0 Å². The van der Waals surface area contributed by atoms with Crippen molar-refractivity contribution in [1.82, 2.24) is 4.90 Å². The highest BCUT2D eigenvalue weighted by molar-refractivity contribution is 7.98. The fourth-order valence-electron chi connectivity index (χ4n) is 3.52. The molecular weight excluding hydrogens is 363 g/mol. The molecule has 0 radical (unpaired) electrons. The summed E-state index contributed by atoms with van der Waals surface area (Å²) in [6.07, 6.45) is 4.34. The third-order valence-corrected chi connectivity index (χ3v) is 5.92. The van der Waals surface area contributed by atoms with E-state index in [1.165, 1.54) is 17.0 Å². The number of rotatable bonds is 6. The van der Waals surface area contributed by atoms with Crippen LogP contribution in [0.4, 0.5) is 10.1 Å². The molecule has 27 heavy (non-hydrogen) atoms. The van der Waals surface area contributed by atoms with Gasteiger partial charge in [-0.2, -0.15) is 0 Å². The zero-order chi connectivity index (χ0) is 19.4. The molecule has 0 atom stereocenters. The zero-order valence-electron chi connectivity index (χ0n) is 15.5. The number of halogens is 1.